The average molecular weight is 1310 g/mol. The summed E-state index contributed by atoms with van der Waals surface area (Å²) in [7, 11) is -9.51. The second-order valence-corrected chi connectivity index (χ2v) is 27.4. The molecule has 16 rings (SSSR count). The molecule has 1 N–H and O–H groups in total. The summed E-state index contributed by atoms with van der Waals surface area (Å²) < 4.78 is 71.5. The van der Waals surface area contributed by atoms with Crippen molar-refractivity contribution < 1.29 is 44.7 Å². The second-order valence-electron chi connectivity index (χ2n) is 21.8. The summed E-state index contributed by atoms with van der Waals surface area (Å²) in [6.45, 7) is 3.16. The van der Waals surface area contributed by atoms with Crippen molar-refractivity contribution >= 4 is 123 Å². The largest absolute Gasteiger partial charge is 2.00 e. The van der Waals surface area contributed by atoms with E-state index in [-0.39, 0.29) is 19.5 Å². The van der Waals surface area contributed by atoms with Gasteiger partial charge in [-0.2, -0.15) is 0 Å². The monoisotopic (exact) mass is 1310 g/mol. The first-order valence-corrected chi connectivity index (χ1v) is 34.6. The van der Waals surface area contributed by atoms with Crippen molar-refractivity contribution in [2.24, 2.45) is 0 Å². The summed E-state index contributed by atoms with van der Waals surface area (Å²) in [6.07, 6.45) is 13.1. The molecule has 6 aromatic heterocycles. The van der Waals surface area contributed by atoms with Crippen LogP contribution in [0.2, 0.25) is 0 Å². The average Bonchev–Trinajstić information content (AvgIpc) is 1.98. The van der Waals surface area contributed by atoms with Crippen molar-refractivity contribution in [2.75, 3.05) is 30.6 Å². The minimum absolute atomic E-state index is 0. The van der Waals surface area contributed by atoms with Gasteiger partial charge in [-0.25, -0.2) is 47.1 Å². The van der Waals surface area contributed by atoms with Gasteiger partial charge in [-0.05, 0) is 87.9 Å². The molecule has 0 saturated carbocycles. The SMILES string of the molecule is CCCCCCNc1cccc2cc3c4nc5nc(nc6[n-]c(nc7nc(nc([n-]4)c3cc12)-c1ccccc1-7)c1ccccc61)-c1ccccc1-5.CS(=O)(=O)n1ccc2ccccc21.CS(=O)(=O)n1ccc2ccccc21.CS(=O)(=O)n1ccc2ccccc21.[Zn+2]. The Bertz CT molecular complexity index is 5420. The van der Waals surface area contributed by atoms with Crippen LogP contribution in [0.25, 0.3) is 133 Å². The first-order chi connectivity index (χ1) is 43.5. The maximum absolute atomic E-state index is 11.3. The van der Waals surface area contributed by atoms with Crippen LogP contribution in [0.5, 0.6) is 0 Å². The van der Waals surface area contributed by atoms with E-state index in [1.807, 2.05) is 127 Å². The van der Waals surface area contributed by atoms with Crippen molar-refractivity contribution in [3.8, 4) is 45.6 Å². The predicted octanol–water partition coefficient (Wildman–Crippen LogP) is 13.6. The van der Waals surface area contributed by atoms with Crippen molar-refractivity contribution in [3.63, 3.8) is 0 Å². The Morgan fingerprint density at radius 3 is 1.11 bits per heavy atom. The molecular weight excluding hydrogens is 1250 g/mol. The molecule has 22 heteroatoms. The van der Waals surface area contributed by atoms with Crippen LogP contribution in [-0.2, 0) is 49.5 Å². The van der Waals surface area contributed by atoms with Crippen LogP contribution in [0.15, 0.2) is 213 Å². The van der Waals surface area contributed by atoms with Gasteiger partial charge in [0, 0.05) is 97.2 Å². The summed E-state index contributed by atoms with van der Waals surface area (Å²) in [5.41, 5.74) is 9.02. The number of rotatable bonds is 9. The zero-order valence-electron chi connectivity index (χ0n) is 50.0. The molecule has 2 aliphatic rings. The van der Waals surface area contributed by atoms with Gasteiger partial charge in [-0.3, -0.25) is 0 Å². The first kappa shape index (κ1) is 61.5. The standard InChI is InChI=1S/C42H31N9.3C9H9NO2S.Zn/c1-2-3-4-11-21-43-34-20-12-13-24-22-32-33(23-31(24)34)42-50-40-30-19-10-8-17-28(30)38(48-40)46-36-26-15-6-5-14-25(26)35(44-36)45-37-27-16-7-9-18-29(27)39(47-37)49-41(32)51-42;3*1-13(11,12)10-7-6-8-4-2-3-5-9(8)10;/h5-10,12-20,22-23,43H,2-4,11,21H2,1H3;3*2-7H,1H3;/q-2;;;;+2. The third-order valence-electron chi connectivity index (χ3n) is 15.5. The van der Waals surface area contributed by atoms with Gasteiger partial charge in [-0.1, -0.05) is 166 Å². The van der Waals surface area contributed by atoms with Gasteiger partial charge < -0.3 is 35.2 Å². The predicted molar refractivity (Wildman–Crippen MR) is 361 cm³/mol. The molecule has 0 atom stereocenters. The molecule has 8 aromatic carbocycles. The van der Waals surface area contributed by atoms with E-state index in [1.54, 1.807) is 55.0 Å². The number of unbranched alkanes of at least 4 members (excludes halogenated alkanes) is 3. The normalized spacial score (nSPS) is 11.9. The minimum Gasteiger partial charge on any atom is -0.385 e. The fourth-order valence-electron chi connectivity index (χ4n) is 11.2. The third-order valence-corrected chi connectivity index (χ3v) is 18.6. The van der Waals surface area contributed by atoms with Crippen LogP contribution in [-0.4, -0.2) is 92.4 Å². The quantitative estimate of drug-likeness (QED) is 0.104. The smallest absolute Gasteiger partial charge is 0.385 e. The molecule has 0 amide bonds. The Morgan fingerprint density at radius 2 is 0.714 bits per heavy atom. The number of anilines is 1. The van der Waals surface area contributed by atoms with Gasteiger partial charge in [0.2, 0.25) is 30.1 Å². The minimum atomic E-state index is -3.17. The van der Waals surface area contributed by atoms with E-state index in [9.17, 15) is 25.3 Å². The summed E-state index contributed by atoms with van der Waals surface area (Å²) >= 11 is 0. The molecule has 0 spiro atoms. The molecule has 0 fully saturated rings. The Balaban J connectivity index is 0.000000160. The van der Waals surface area contributed by atoms with Gasteiger partial charge in [0.25, 0.3) is 0 Å². The van der Waals surface area contributed by atoms with E-state index in [1.165, 1.54) is 49.9 Å². The van der Waals surface area contributed by atoms with Crippen molar-refractivity contribution in [2.45, 2.75) is 32.6 Å². The van der Waals surface area contributed by atoms with Crippen LogP contribution in [0.4, 0.5) is 5.69 Å². The Morgan fingerprint density at radius 1 is 0.363 bits per heavy atom. The molecule has 0 radical (unpaired) electrons. The molecule has 0 unspecified atom stereocenters. The van der Waals surface area contributed by atoms with Gasteiger partial charge >= 0.3 is 19.5 Å². The number of fused-ring (bicyclic) bond motifs is 24. The number of aromatic nitrogens is 11. The molecule has 2 aliphatic heterocycles. The Hall–Kier alpha value is -9.73. The molecule has 8 heterocycles. The van der Waals surface area contributed by atoms with Crippen molar-refractivity contribution in [1.29, 1.82) is 0 Å². The van der Waals surface area contributed by atoms with Crippen LogP contribution in [0.3, 0.4) is 0 Å². The number of hydrogen-bond donors (Lipinski definition) is 1. The van der Waals surface area contributed by atoms with Crippen LogP contribution < -0.4 is 15.3 Å². The van der Waals surface area contributed by atoms with Crippen LogP contribution >= 0.6 is 0 Å². The molecule has 18 nitrogen and oxygen atoms in total. The zero-order chi connectivity index (χ0) is 62.3. The van der Waals surface area contributed by atoms with E-state index in [2.05, 4.69) is 42.6 Å². The molecule has 8 bridgehead atoms. The number of benzene rings is 8. The number of nitrogens with zero attached hydrogens (tertiary/aromatic N) is 11. The summed E-state index contributed by atoms with van der Waals surface area (Å²) in [5.74, 6) is 2.19. The topological polar surface area (TPSA) is 235 Å². The van der Waals surface area contributed by atoms with Crippen LogP contribution in [0.1, 0.15) is 32.6 Å². The zero-order valence-corrected chi connectivity index (χ0v) is 55.5. The van der Waals surface area contributed by atoms with Gasteiger partial charge in [0.1, 0.15) is 0 Å². The van der Waals surface area contributed by atoms with E-state index in [0.717, 1.165) is 106 Å². The van der Waals surface area contributed by atoms with Gasteiger partial charge in [0.05, 0.1) is 58.6 Å². The van der Waals surface area contributed by atoms with Crippen molar-refractivity contribution in [3.05, 3.63) is 213 Å². The summed E-state index contributed by atoms with van der Waals surface area (Å²) in [6, 6.07) is 62.3. The fourth-order valence-corrected chi connectivity index (χ4v) is 13.7. The molecule has 0 saturated heterocycles. The van der Waals surface area contributed by atoms with E-state index in [4.69, 9.17) is 39.9 Å². The third kappa shape index (κ3) is 12.5. The van der Waals surface area contributed by atoms with Crippen LogP contribution in [0, 0.1) is 0 Å². The molecular formula is C69H58N12O6S3Zn. The molecule has 14 aromatic rings. The van der Waals surface area contributed by atoms with Gasteiger partial charge in [-0.15, -0.1) is 0 Å². The Labute approximate surface area is 537 Å². The van der Waals surface area contributed by atoms with E-state index < -0.39 is 30.1 Å². The number of nitrogens with one attached hydrogen (secondary N) is 1. The van der Waals surface area contributed by atoms with Crippen molar-refractivity contribution in [1.82, 2.24) is 51.8 Å². The first-order valence-electron chi connectivity index (χ1n) is 29.1. The fraction of sp³-hybridized carbons (Fsp3) is 0.130. The second kappa shape index (κ2) is 25.3. The molecule has 450 valence electrons. The van der Waals surface area contributed by atoms with Gasteiger partial charge in [0.15, 0.2) is 0 Å². The molecule has 0 aliphatic carbocycles. The Kier molecular flexibility index (Phi) is 17.1. The maximum Gasteiger partial charge on any atom is 2.00 e. The number of para-hydroxylation sites is 3. The molecule has 91 heavy (non-hydrogen) atoms. The maximum atomic E-state index is 11.3. The number of hydrogen-bond acceptors (Lipinski definition) is 13. The van der Waals surface area contributed by atoms with E-state index in [0.29, 0.717) is 45.9 Å². The summed E-state index contributed by atoms with van der Waals surface area (Å²) in [5, 5.41) is 12.3. The summed E-state index contributed by atoms with van der Waals surface area (Å²) in [4.78, 5) is 40.4. The van der Waals surface area contributed by atoms with E-state index >= 15 is 0 Å².